The fourth-order valence-electron chi connectivity index (χ4n) is 2.82. The third kappa shape index (κ3) is 6.59. The number of hydrogen-bond acceptors (Lipinski definition) is 5. The number of nitrogens with zero attached hydrogens (tertiary/aromatic N) is 1. The lowest BCUT2D eigenvalue weighted by atomic mass is 9.93. The Kier molecular flexibility index (Phi) is 6.65. The summed E-state index contributed by atoms with van der Waals surface area (Å²) in [7, 11) is -3.33. The van der Waals surface area contributed by atoms with Gasteiger partial charge >= 0.3 is 6.09 Å². The lowest BCUT2D eigenvalue weighted by molar-refractivity contribution is 0.0233. The molecule has 1 amide bonds. The molecule has 0 radical (unpaired) electrons. The van der Waals surface area contributed by atoms with Crippen LogP contribution in [0.15, 0.2) is 30.3 Å². The summed E-state index contributed by atoms with van der Waals surface area (Å²) in [5.41, 5.74) is 0.410. The monoisotopic (exact) mass is 384 g/mol. The highest BCUT2D eigenvalue weighted by molar-refractivity contribution is 7.88. The molecule has 1 N–H and O–H groups in total. The summed E-state index contributed by atoms with van der Waals surface area (Å²) in [5, 5.41) is 0. The van der Waals surface area contributed by atoms with E-state index in [1.54, 1.807) is 4.90 Å². The lowest BCUT2D eigenvalue weighted by Gasteiger charge is -2.30. The third-order valence-corrected chi connectivity index (χ3v) is 4.68. The molecule has 8 heteroatoms. The van der Waals surface area contributed by atoms with Crippen LogP contribution >= 0.6 is 0 Å². The topological polar surface area (TPSA) is 84.9 Å². The van der Waals surface area contributed by atoms with Crippen molar-refractivity contribution in [2.75, 3.05) is 32.5 Å². The Morgan fingerprint density at radius 1 is 1.31 bits per heavy atom. The predicted molar refractivity (Wildman–Crippen MR) is 99.6 cm³/mol. The number of ether oxygens (including phenoxy) is 2. The number of nitrogens with one attached hydrogen (secondary N) is 1. The summed E-state index contributed by atoms with van der Waals surface area (Å²) in [6.45, 7) is 6.74. The molecule has 1 unspecified atom stereocenters. The van der Waals surface area contributed by atoms with E-state index < -0.39 is 21.7 Å². The normalized spacial score (nSPS) is 21.9. The molecule has 0 aromatic heterocycles. The van der Waals surface area contributed by atoms with Crippen LogP contribution in [0.25, 0.3) is 0 Å². The first-order chi connectivity index (χ1) is 12.1. The van der Waals surface area contributed by atoms with Gasteiger partial charge in [-0.05, 0) is 26.3 Å². The van der Waals surface area contributed by atoms with Crippen LogP contribution in [0.4, 0.5) is 4.79 Å². The summed E-state index contributed by atoms with van der Waals surface area (Å²) >= 11 is 0. The van der Waals surface area contributed by atoms with Crippen LogP contribution in [0.1, 0.15) is 32.3 Å². The molecule has 2 rings (SSSR count). The number of carbonyl (C=O) groups is 1. The largest absolute Gasteiger partial charge is 0.444 e. The molecular formula is C18H28N2O5S. The minimum Gasteiger partial charge on any atom is -0.444 e. The summed E-state index contributed by atoms with van der Waals surface area (Å²) in [6, 6.07) is 9.66. The third-order valence-electron chi connectivity index (χ3n) is 3.99. The van der Waals surface area contributed by atoms with Crippen molar-refractivity contribution in [3.63, 3.8) is 0 Å². The van der Waals surface area contributed by atoms with E-state index in [0.717, 1.165) is 11.8 Å². The van der Waals surface area contributed by atoms with Crippen molar-refractivity contribution in [3.05, 3.63) is 35.9 Å². The molecule has 1 saturated heterocycles. The van der Waals surface area contributed by atoms with Crippen molar-refractivity contribution in [2.45, 2.75) is 38.4 Å². The number of rotatable bonds is 4. The molecule has 7 nitrogen and oxygen atoms in total. The second-order valence-corrected chi connectivity index (χ2v) is 9.31. The van der Waals surface area contributed by atoms with Crippen LogP contribution in [0.3, 0.4) is 0 Å². The van der Waals surface area contributed by atoms with Gasteiger partial charge in [0.2, 0.25) is 10.0 Å². The fraction of sp³-hybridized carbons (Fsp3) is 0.611. The average Bonchev–Trinajstić information content (AvgIpc) is 2.74. The van der Waals surface area contributed by atoms with Crippen LogP contribution in [0, 0.1) is 0 Å². The van der Waals surface area contributed by atoms with E-state index in [4.69, 9.17) is 9.47 Å². The van der Waals surface area contributed by atoms with Crippen molar-refractivity contribution in [1.29, 1.82) is 0 Å². The highest BCUT2D eigenvalue weighted by atomic mass is 32.2. The van der Waals surface area contributed by atoms with Gasteiger partial charge in [0.15, 0.2) is 0 Å². The molecule has 1 aliphatic heterocycles. The van der Waals surface area contributed by atoms with Crippen molar-refractivity contribution >= 4 is 16.1 Å². The van der Waals surface area contributed by atoms with E-state index in [1.165, 1.54) is 0 Å². The smallest absolute Gasteiger partial charge is 0.410 e. The van der Waals surface area contributed by atoms with E-state index in [-0.39, 0.29) is 18.6 Å². The molecule has 1 aromatic rings. The lowest BCUT2D eigenvalue weighted by Crippen LogP contribution is -2.41. The zero-order valence-corrected chi connectivity index (χ0v) is 16.6. The first-order valence-electron chi connectivity index (χ1n) is 8.64. The van der Waals surface area contributed by atoms with Gasteiger partial charge < -0.3 is 14.4 Å². The van der Waals surface area contributed by atoms with Gasteiger partial charge in [-0.2, -0.15) is 0 Å². The van der Waals surface area contributed by atoms with Gasteiger partial charge in [-0.1, -0.05) is 30.3 Å². The predicted octanol–water partition coefficient (Wildman–Crippen LogP) is 1.96. The zero-order valence-electron chi connectivity index (χ0n) is 15.8. The molecule has 0 bridgehead atoms. The Balaban J connectivity index is 2.21. The fourth-order valence-corrected chi connectivity index (χ4v) is 3.29. The van der Waals surface area contributed by atoms with Crippen LogP contribution in [0.2, 0.25) is 0 Å². The van der Waals surface area contributed by atoms with Gasteiger partial charge in [0, 0.05) is 25.6 Å². The van der Waals surface area contributed by atoms with Gasteiger partial charge in [-0.3, -0.25) is 0 Å². The molecule has 0 aliphatic carbocycles. The van der Waals surface area contributed by atoms with E-state index in [2.05, 4.69) is 4.72 Å². The maximum absolute atomic E-state index is 12.5. The maximum Gasteiger partial charge on any atom is 0.410 e. The summed E-state index contributed by atoms with van der Waals surface area (Å²) in [4.78, 5) is 14.1. The molecular weight excluding hydrogens is 356 g/mol. The minimum atomic E-state index is -3.33. The highest BCUT2D eigenvalue weighted by Crippen LogP contribution is 2.26. The van der Waals surface area contributed by atoms with E-state index in [1.807, 2.05) is 51.1 Å². The van der Waals surface area contributed by atoms with Crippen LogP contribution < -0.4 is 4.72 Å². The molecule has 1 heterocycles. The van der Waals surface area contributed by atoms with Crippen molar-refractivity contribution in [2.24, 2.45) is 0 Å². The molecule has 0 spiro atoms. The Bertz CT molecular complexity index is 700. The second-order valence-electron chi connectivity index (χ2n) is 7.47. The molecule has 26 heavy (non-hydrogen) atoms. The van der Waals surface area contributed by atoms with Gasteiger partial charge in [0.1, 0.15) is 5.60 Å². The molecule has 1 aliphatic rings. The molecule has 0 saturated carbocycles. The molecule has 1 fully saturated rings. The second kappa shape index (κ2) is 8.37. The Hall–Kier alpha value is -1.64. The Morgan fingerprint density at radius 2 is 1.96 bits per heavy atom. The van der Waals surface area contributed by atoms with Gasteiger partial charge in [0.25, 0.3) is 0 Å². The first kappa shape index (κ1) is 20.7. The van der Waals surface area contributed by atoms with Gasteiger partial charge in [0.05, 0.1) is 19.0 Å². The highest BCUT2D eigenvalue weighted by Gasteiger charge is 2.33. The van der Waals surface area contributed by atoms with Crippen LogP contribution in [-0.2, 0) is 19.5 Å². The summed E-state index contributed by atoms with van der Waals surface area (Å²) in [5.74, 6) is -0.166. The standard InChI is InChI=1S/C18H28N2O5S/c1-18(2,3)25-17(21)20-10-11-24-16(12-19-26(4,22)23)15(13-20)14-8-6-5-7-9-14/h5-9,15-16,19H,10-13H2,1-4H3/t15?,16-/m1/s1. The van der Waals surface area contributed by atoms with E-state index >= 15 is 0 Å². The maximum atomic E-state index is 12.5. The number of carbonyl (C=O) groups excluding carboxylic acids is 1. The SMILES string of the molecule is CC(C)(C)OC(=O)N1CCO[C@H](CNS(C)(=O)=O)C(c2ccccc2)C1. The minimum absolute atomic E-state index is 0.153. The zero-order chi connectivity index (χ0) is 19.4. The molecule has 2 atom stereocenters. The number of benzene rings is 1. The number of sulfonamides is 1. The number of amides is 1. The van der Waals surface area contributed by atoms with Crippen molar-refractivity contribution in [1.82, 2.24) is 9.62 Å². The number of hydrogen-bond donors (Lipinski definition) is 1. The summed E-state index contributed by atoms with van der Waals surface area (Å²) in [6.07, 6.45) is 0.354. The van der Waals surface area contributed by atoms with E-state index in [9.17, 15) is 13.2 Å². The van der Waals surface area contributed by atoms with Crippen LogP contribution in [0.5, 0.6) is 0 Å². The van der Waals surface area contributed by atoms with E-state index in [0.29, 0.717) is 19.7 Å². The van der Waals surface area contributed by atoms with Gasteiger partial charge in [-0.15, -0.1) is 0 Å². The van der Waals surface area contributed by atoms with Gasteiger partial charge in [-0.25, -0.2) is 17.9 Å². The summed E-state index contributed by atoms with van der Waals surface area (Å²) < 4.78 is 36.9. The van der Waals surface area contributed by atoms with Crippen molar-refractivity contribution < 1.29 is 22.7 Å². The first-order valence-corrected chi connectivity index (χ1v) is 10.5. The molecule has 1 aromatic carbocycles. The average molecular weight is 384 g/mol. The molecule has 146 valence electrons. The Labute approximate surface area is 155 Å². The Morgan fingerprint density at radius 3 is 2.54 bits per heavy atom. The quantitative estimate of drug-likeness (QED) is 0.858. The van der Waals surface area contributed by atoms with Crippen LogP contribution in [-0.4, -0.2) is 63.6 Å². The van der Waals surface area contributed by atoms with Crippen molar-refractivity contribution in [3.8, 4) is 0 Å².